The number of rotatable bonds is 6. The summed E-state index contributed by atoms with van der Waals surface area (Å²) in [6, 6.07) is 7.66. The van der Waals surface area contributed by atoms with Gasteiger partial charge in [-0.2, -0.15) is 9.67 Å². The Morgan fingerprint density at radius 2 is 1.79 bits per heavy atom. The van der Waals surface area contributed by atoms with Crippen LogP contribution in [0.4, 0.5) is 26.4 Å². The van der Waals surface area contributed by atoms with Gasteiger partial charge in [-0.25, -0.2) is 21.9 Å². The number of nitrogens with zero attached hydrogens (tertiary/aromatic N) is 3. The molecule has 14 heteroatoms. The second-order valence-corrected chi connectivity index (χ2v) is 9.06. The third-order valence-electron chi connectivity index (χ3n) is 5.03. The molecular formula is C20H19F2N7O4S. The molecule has 34 heavy (non-hydrogen) atoms. The summed E-state index contributed by atoms with van der Waals surface area (Å²) in [7, 11) is -4.08. The summed E-state index contributed by atoms with van der Waals surface area (Å²) in [6.07, 6.45) is 1.34. The molecule has 1 aliphatic rings. The third kappa shape index (κ3) is 4.72. The Bertz CT molecular complexity index is 1330. The molecular weight excluding hydrogens is 472 g/mol. The average molecular weight is 491 g/mol. The number of carbonyl (C=O) groups excluding carboxylic acids is 2. The maximum absolute atomic E-state index is 13.9. The van der Waals surface area contributed by atoms with Gasteiger partial charge in [-0.1, -0.05) is 6.07 Å². The Balaban J connectivity index is 1.48. The lowest BCUT2D eigenvalue weighted by atomic mass is 10.2. The summed E-state index contributed by atoms with van der Waals surface area (Å²) in [5.74, 6) is -4.52. The van der Waals surface area contributed by atoms with Crippen LogP contribution in [-0.2, 0) is 14.8 Å². The highest BCUT2D eigenvalue weighted by molar-refractivity contribution is 7.90. The van der Waals surface area contributed by atoms with Crippen molar-refractivity contribution >= 4 is 39.4 Å². The zero-order valence-electron chi connectivity index (χ0n) is 17.5. The van der Waals surface area contributed by atoms with Crippen LogP contribution in [-0.4, -0.2) is 47.6 Å². The maximum atomic E-state index is 13.9. The van der Waals surface area contributed by atoms with Crippen molar-refractivity contribution in [2.45, 2.75) is 23.8 Å². The number of benzene rings is 2. The van der Waals surface area contributed by atoms with Gasteiger partial charge in [0.25, 0.3) is 21.8 Å². The number of hydrogen-bond donors (Lipinski definition) is 4. The summed E-state index contributed by atoms with van der Waals surface area (Å²) in [6.45, 7) is 0.646. The van der Waals surface area contributed by atoms with Gasteiger partial charge < -0.3 is 16.4 Å². The molecule has 178 valence electrons. The van der Waals surface area contributed by atoms with Crippen LogP contribution in [0.15, 0.2) is 47.4 Å². The number of nitrogen functional groups attached to an aromatic ring is 1. The Morgan fingerprint density at radius 3 is 2.41 bits per heavy atom. The van der Waals surface area contributed by atoms with Gasteiger partial charge in [0.15, 0.2) is 0 Å². The number of amides is 1. The van der Waals surface area contributed by atoms with Gasteiger partial charge in [0.05, 0.1) is 10.9 Å². The molecule has 1 aromatic heterocycles. The van der Waals surface area contributed by atoms with Crippen LogP contribution in [0.3, 0.4) is 0 Å². The number of sulfonamides is 1. The molecule has 1 atom stereocenters. The van der Waals surface area contributed by atoms with Gasteiger partial charge in [-0.15, -0.1) is 5.10 Å². The third-order valence-corrected chi connectivity index (χ3v) is 6.40. The summed E-state index contributed by atoms with van der Waals surface area (Å²) < 4.78 is 55.3. The van der Waals surface area contributed by atoms with E-state index in [1.54, 1.807) is 0 Å². The van der Waals surface area contributed by atoms with Gasteiger partial charge in [-0.05, 0) is 55.8 Å². The van der Waals surface area contributed by atoms with Crippen LogP contribution >= 0.6 is 0 Å². The molecule has 0 unspecified atom stereocenters. The topological polar surface area (TPSA) is 161 Å². The van der Waals surface area contributed by atoms with Crippen LogP contribution in [0, 0.1) is 11.6 Å². The molecule has 3 aromatic rings. The Labute approximate surface area is 192 Å². The molecule has 0 aliphatic carbocycles. The van der Waals surface area contributed by atoms with E-state index in [9.17, 15) is 26.8 Å². The Morgan fingerprint density at radius 1 is 1.12 bits per heavy atom. The predicted molar refractivity (Wildman–Crippen MR) is 117 cm³/mol. The smallest absolute Gasteiger partial charge is 0.287 e. The fourth-order valence-corrected chi connectivity index (χ4v) is 4.37. The van der Waals surface area contributed by atoms with Crippen LogP contribution in [0.25, 0.3) is 0 Å². The van der Waals surface area contributed by atoms with Crippen molar-refractivity contribution in [3.8, 4) is 0 Å². The highest BCUT2D eigenvalue weighted by atomic mass is 32.2. The van der Waals surface area contributed by atoms with E-state index in [2.05, 4.69) is 20.7 Å². The van der Waals surface area contributed by atoms with Gasteiger partial charge in [0.1, 0.15) is 17.2 Å². The van der Waals surface area contributed by atoms with Gasteiger partial charge in [0.2, 0.25) is 11.9 Å². The van der Waals surface area contributed by atoms with E-state index in [0.29, 0.717) is 23.3 Å². The lowest BCUT2D eigenvalue weighted by molar-refractivity contribution is -0.121. The highest BCUT2D eigenvalue weighted by Gasteiger charge is 2.27. The molecule has 1 fully saturated rings. The first-order valence-corrected chi connectivity index (χ1v) is 11.5. The van der Waals surface area contributed by atoms with E-state index >= 15 is 0 Å². The molecule has 0 radical (unpaired) electrons. The lowest BCUT2D eigenvalue weighted by Gasteiger charge is -2.12. The number of carbonyl (C=O) groups is 2. The molecule has 11 nitrogen and oxygen atoms in total. The molecule has 1 saturated heterocycles. The van der Waals surface area contributed by atoms with Gasteiger partial charge >= 0.3 is 0 Å². The quantitative estimate of drug-likeness (QED) is 0.396. The first-order chi connectivity index (χ1) is 16.2. The minimum atomic E-state index is -4.08. The summed E-state index contributed by atoms with van der Waals surface area (Å²) in [5.41, 5.74) is 5.16. The zero-order chi connectivity index (χ0) is 24.5. The molecule has 2 heterocycles. The van der Waals surface area contributed by atoms with Crippen LogP contribution < -0.4 is 21.1 Å². The molecule has 0 saturated carbocycles. The first-order valence-electron chi connectivity index (χ1n) is 10.0. The largest absolute Gasteiger partial charge is 0.368 e. The number of halogens is 2. The van der Waals surface area contributed by atoms with Crippen molar-refractivity contribution in [3.63, 3.8) is 0 Å². The second-order valence-electron chi connectivity index (χ2n) is 7.38. The normalized spacial score (nSPS) is 15.8. The van der Waals surface area contributed by atoms with Gasteiger partial charge in [-0.3, -0.25) is 9.59 Å². The standard InChI is InChI=1S/C20H19F2N7O4S/c21-13-3-1-4-14(22)16(13)18(31)29-19(23)26-20(27-29)25-11-6-8-12(9-7-11)34(32,33)28-17(30)15-5-2-10-24-15/h1,3-4,6-9,15,24H,2,5,10H2,(H,28,30)(H3,23,25,26,27)/t15-/m0/s1. The van der Waals surface area contributed by atoms with Crippen LogP contribution in [0.2, 0.25) is 0 Å². The highest BCUT2D eigenvalue weighted by Crippen LogP contribution is 2.20. The lowest BCUT2D eigenvalue weighted by Crippen LogP contribution is -2.43. The molecule has 0 bridgehead atoms. The van der Waals surface area contributed by atoms with Crippen molar-refractivity contribution in [1.29, 1.82) is 0 Å². The Kier molecular flexibility index (Phi) is 6.26. The number of nitrogens with one attached hydrogen (secondary N) is 3. The number of nitrogens with two attached hydrogens (primary N) is 1. The van der Waals surface area contributed by atoms with Gasteiger partial charge in [0, 0.05) is 5.69 Å². The second kappa shape index (κ2) is 9.15. The summed E-state index contributed by atoms with van der Waals surface area (Å²) in [4.78, 5) is 28.3. The molecule has 4 rings (SSSR count). The van der Waals surface area contributed by atoms with Crippen molar-refractivity contribution in [2.24, 2.45) is 0 Å². The molecule has 1 amide bonds. The van der Waals surface area contributed by atoms with Crippen LogP contribution in [0.5, 0.6) is 0 Å². The van der Waals surface area contributed by atoms with Crippen molar-refractivity contribution in [3.05, 3.63) is 59.7 Å². The molecule has 5 N–H and O–H groups in total. The molecule has 1 aliphatic heterocycles. The minimum absolute atomic E-state index is 0.146. The van der Waals surface area contributed by atoms with E-state index in [1.165, 1.54) is 24.3 Å². The fraction of sp³-hybridized carbons (Fsp3) is 0.200. The van der Waals surface area contributed by atoms with E-state index in [-0.39, 0.29) is 10.8 Å². The zero-order valence-corrected chi connectivity index (χ0v) is 18.3. The maximum Gasteiger partial charge on any atom is 0.287 e. The SMILES string of the molecule is Nc1nc(Nc2ccc(S(=O)(=O)NC(=O)[C@@H]3CCCN3)cc2)nn1C(=O)c1c(F)cccc1F. The molecule has 0 spiro atoms. The van der Waals surface area contributed by atoms with E-state index in [0.717, 1.165) is 24.6 Å². The number of hydrogen-bond acceptors (Lipinski definition) is 9. The van der Waals surface area contributed by atoms with E-state index in [1.807, 2.05) is 4.72 Å². The van der Waals surface area contributed by atoms with Crippen molar-refractivity contribution in [2.75, 3.05) is 17.6 Å². The van der Waals surface area contributed by atoms with Crippen molar-refractivity contribution in [1.82, 2.24) is 24.8 Å². The van der Waals surface area contributed by atoms with E-state index in [4.69, 9.17) is 5.73 Å². The van der Waals surface area contributed by atoms with Crippen LogP contribution in [0.1, 0.15) is 23.2 Å². The minimum Gasteiger partial charge on any atom is -0.368 e. The monoisotopic (exact) mass is 491 g/mol. The summed E-state index contributed by atoms with van der Waals surface area (Å²) >= 11 is 0. The molecule has 2 aromatic carbocycles. The first kappa shape index (κ1) is 23.3. The van der Waals surface area contributed by atoms with Crippen molar-refractivity contribution < 1.29 is 26.8 Å². The number of aromatic nitrogens is 3. The Hall–Kier alpha value is -3.91. The van der Waals surface area contributed by atoms with E-state index < -0.39 is 51.0 Å². The fourth-order valence-electron chi connectivity index (χ4n) is 3.35. The summed E-state index contributed by atoms with van der Waals surface area (Å²) in [5, 5.41) is 9.45. The predicted octanol–water partition coefficient (Wildman–Crippen LogP) is 1.13. The number of anilines is 3. The average Bonchev–Trinajstić information content (AvgIpc) is 3.44.